The van der Waals surface area contributed by atoms with Crippen LogP contribution in [0.1, 0.15) is 69.3 Å². The normalized spacial score (nSPS) is 15.2. The van der Waals surface area contributed by atoms with Crippen LogP contribution in [-0.4, -0.2) is 24.4 Å². The number of rotatable bonds is 7. The fourth-order valence-electron chi connectivity index (χ4n) is 3.70. The number of anilines is 1. The predicted molar refractivity (Wildman–Crippen MR) is 116 cm³/mol. The zero-order valence-corrected chi connectivity index (χ0v) is 17.9. The summed E-state index contributed by atoms with van der Waals surface area (Å²) < 4.78 is 5.25. The minimum Gasteiger partial charge on any atom is -0.462 e. The highest BCUT2D eigenvalue weighted by Gasteiger charge is 2.29. The van der Waals surface area contributed by atoms with Gasteiger partial charge in [0.2, 0.25) is 5.91 Å². The number of thiophene rings is 1. The van der Waals surface area contributed by atoms with Crippen LogP contribution in [0.4, 0.5) is 5.00 Å². The Labute approximate surface area is 180 Å². The molecule has 1 saturated carbocycles. The van der Waals surface area contributed by atoms with E-state index in [0.29, 0.717) is 29.3 Å². The average molecular weight is 427 g/mol. The van der Waals surface area contributed by atoms with Crippen LogP contribution in [-0.2, 0) is 28.9 Å². The Morgan fingerprint density at radius 1 is 1.10 bits per heavy atom. The summed E-state index contributed by atoms with van der Waals surface area (Å²) in [4.78, 5) is 38.3. The van der Waals surface area contributed by atoms with Crippen molar-refractivity contribution in [2.45, 2.75) is 52.0 Å². The van der Waals surface area contributed by atoms with E-state index in [0.717, 1.165) is 49.7 Å². The smallest absolute Gasteiger partial charge is 0.341 e. The molecule has 158 valence electrons. The third-order valence-electron chi connectivity index (χ3n) is 5.51. The summed E-state index contributed by atoms with van der Waals surface area (Å²) in [6, 6.07) is 7.17. The molecular weight excluding hydrogens is 400 g/mol. The minimum atomic E-state index is -0.367. The molecule has 0 unspecified atom stereocenters. The van der Waals surface area contributed by atoms with E-state index in [1.54, 1.807) is 19.1 Å². The Morgan fingerprint density at radius 3 is 2.53 bits per heavy atom. The fraction of sp³-hybridized carbons (Fsp3) is 0.435. The standard InChI is InChI=1S/C23H26N2O4S/c1-2-29-23(28)19-17-5-3-4-6-18(17)30-22(19)25-21(27)16-9-7-14(8-10-16)13-24-20(26)15-11-12-15/h7-10,15H,2-6,11-13H2,1H3,(H,24,26)(H,25,27). The van der Waals surface area contributed by atoms with Gasteiger partial charge in [-0.2, -0.15) is 0 Å². The maximum Gasteiger partial charge on any atom is 0.341 e. The van der Waals surface area contributed by atoms with Gasteiger partial charge in [0.15, 0.2) is 0 Å². The van der Waals surface area contributed by atoms with Crippen molar-refractivity contribution >= 4 is 34.1 Å². The molecule has 0 spiro atoms. The molecule has 2 N–H and O–H groups in total. The zero-order valence-electron chi connectivity index (χ0n) is 17.1. The van der Waals surface area contributed by atoms with Gasteiger partial charge >= 0.3 is 5.97 Å². The summed E-state index contributed by atoms with van der Waals surface area (Å²) in [6.45, 7) is 2.54. The van der Waals surface area contributed by atoms with Crippen molar-refractivity contribution in [3.63, 3.8) is 0 Å². The number of nitrogens with one attached hydrogen (secondary N) is 2. The van der Waals surface area contributed by atoms with E-state index < -0.39 is 0 Å². The van der Waals surface area contributed by atoms with Gasteiger partial charge < -0.3 is 15.4 Å². The topological polar surface area (TPSA) is 84.5 Å². The van der Waals surface area contributed by atoms with Crippen molar-refractivity contribution in [3.05, 3.63) is 51.4 Å². The number of carbonyl (C=O) groups is 3. The molecule has 0 aliphatic heterocycles. The lowest BCUT2D eigenvalue weighted by Crippen LogP contribution is -2.24. The second-order valence-corrected chi connectivity index (χ2v) is 8.88. The number of hydrogen-bond acceptors (Lipinski definition) is 5. The lowest BCUT2D eigenvalue weighted by Gasteiger charge is -2.12. The van der Waals surface area contributed by atoms with Crippen LogP contribution in [0.3, 0.4) is 0 Å². The number of aryl methyl sites for hydroxylation is 1. The van der Waals surface area contributed by atoms with Gasteiger partial charge in [0.25, 0.3) is 5.91 Å². The summed E-state index contributed by atoms with van der Waals surface area (Å²) in [6.07, 6.45) is 5.88. The molecule has 2 aliphatic carbocycles. The first-order valence-corrected chi connectivity index (χ1v) is 11.4. The van der Waals surface area contributed by atoms with Crippen molar-refractivity contribution in [1.82, 2.24) is 5.32 Å². The number of amides is 2. The van der Waals surface area contributed by atoms with Crippen LogP contribution in [0, 0.1) is 5.92 Å². The second-order valence-electron chi connectivity index (χ2n) is 7.78. The van der Waals surface area contributed by atoms with E-state index in [-0.39, 0.29) is 23.7 Å². The van der Waals surface area contributed by atoms with Crippen molar-refractivity contribution in [2.24, 2.45) is 5.92 Å². The van der Waals surface area contributed by atoms with E-state index in [9.17, 15) is 14.4 Å². The van der Waals surface area contributed by atoms with Crippen LogP contribution in [0.25, 0.3) is 0 Å². The number of ether oxygens (including phenoxy) is 1. The molecule has 7 heteroatoms. The van der Waals surface area contributed by atoms with E-state index in [4.69, 9.17) is 4.74 Å². The van der Waals surface area contributed by atoms with E-state index in [1.807, 2.05) is 12.1 Å². The summed E-state index contributed by atoms with van der Waals surface area (Å²) in [5.74, 6) is -0.341. The van der Waals surface area contributed by atoms with Gasteiger partial charge in [-0.1, -0.05) is 12.1 Å². The van der Waals surface area contributed by atoms with Crippen molar-refractivity contribution in [3.8, 4) is 0 Å². The Balaban J connectivity index is 1.46. The minimum absolute atomic E-state index is 0.102. The first kappa shape index (κ1) is 20.6. The Hall–Kier alpha value is -2.67. The van der Waals surface area contributed by atoms with Gasteiger partial charge in [-0.25, -0.2) is 4.79 Å². The molecule has 6 nitrogen and oxygen atoms in total. The highest BCUT2D eigenvalue weighted by molar-refractivity contribution is 7.17. The highest BCUT2D eigenvalue weighted by atomic mass is 32.1. The molecule has 2 amide bonds. The third kappa shape index (κ3) is 4.56. The molecule has 0 atom stereocenters. The van der Waals surface area contributed by atoms with Crippen LogP contribution < -0.4 is 10.6 Å². The number of esters is 1. The molecule has 0 saturated heterocycles. The van der Waals surface area contributed by atoms with Gasteiger partial charge in [-0.15, -0.1) is 11.3 Å². The maximum atomic E-state index is 12.8. The van der Waals surface area contributed by atoms with Gasteiger partial charge in [0, 0.05) is 22.9 Å². The number of benzene rings is 1. The quantitative estimate of drug-likeness (QED) is 0.654. The third-order valence-corrected chi connectivity index (χ3v) is 6.72. The molecule has 1 fully saturated rings. The van der Waals surface area contributed by atoms with Gasteiger partial charge in [0.1, 0.15) is 5.00 Å². The SMILES string of the molecule is CCOC(=O)c1c(NC(=O)c2ccc(CNC(=O)C3CC3)cc2)sc2c1CCCC2. The molecule has 0 radical (unpaired) electrons. The first-order chi connectivity index (χ1) is 14.6. The molecule has 1 aromatic carbocycles. The van der Waals surface area contributed by atoms with Crippen molar-refractivity contribution < 1.29 is 19.1 Å². The molecule has 2 aromatic rings. The Bertz CT molecular complexity index is 960. The average Bonchev–Trinajstić information content (AvgIpc) is 3.54. The van der Waals surface area contributed by atoms with E-state index in [2.05, 4.69) is 10.6 Å². The van der Waals surface area contributed by atoms with E-state index >= 15 is 0 Å². The summed E-state index contributed by atoms with van der Waals surface area (Å²) >= 11 is 1.48. The monoisotopic (exact) mass is 426 g/mol. The lowest BCUT2D eigenvalue weighted by atomic mass is 9.95. The highest BCUT2D eigenvalue weighted by Crippen LogP contribution is 2.38. The molecule has 4 rings (SSSR count). The first-order valence-electron chi connectivity index (χ1n) is 10.6. The van der Waals surface area contributed by atoms with Crippen LogP contribution in [0.2, 0.25) is 0 Å². The fourth-order valence-corrected chi connectivity index (χ4v) is 4.97. The molecule has 1 heterocycles. The Kier molecular flexibility index (Phi) is 6.18. The lowest BCUT2D eigenvalue weighted by molar-refractivity contribution is -0.122. The second kappa shape index (κ2) is 9.00. The summed E-state index contributed by atoms with van der Waals surface area (Å²) in [5, 5.41) is 6.42. The number of carbonyl (C=O) groups excluding carboxylic acids is 3. The zero-order chi connectivity index (χ0) is 21.1. The Morgan fingerprint density at radius 2 is 1.83 bits per heavy atom. The summed E-state index contributed by atoms with van der Waals surface area (Å²) in [7, 11) is 0. The van der Waals surface area contributed by atoms with Crippen LogP contribution >= 0.6 is 11.3 Å². The van der Waals surface area contributed by atoms with Crippen LogP contribution in [0.15, 0.2) is 24.3 Å². The van der Waals surface area contributed by atoms with Gasteiger partial charge in [0.05, 0.1) is 12.2 Å². The maximum absolute atomic E-state index is 12.8. The number of fused-ring (bicyclic) bond motifs is 1. The van der Waals surface area contributed by atoms with E-state index in [1.165, 1.54) is 16.2 Å². The van der Waals surface area contributed by atoms with Crippen molar-refractivity contribution in [1.29, 1.82) is 0 Å². The van der Waals surface area contributed by atoms with Crippen LogP contribution in [0.5, 0.6) is 0 Å². The largest absolute Gasteiger partial charge is 0.462 e. The molecular formula is C23H26N2O4S. The van der Waals surface area contributed by atoms with Gasteiger partial charge in [-0.05, 0) is 68.7 Å². The van der Waals surface area contributed by atoms with Crippen molar-refractivity contribution in [2.75, 3.05) is 11.9 Å². The molecule has 30 heavy (non-hydrogen) atoms. The molecule has 1 aromatic heterocycles. The predicted octanol–water partition coefficient (Wildman–Crippen LogP) is 4.08. The molecule has 2 aliphatic rings. The number of hydrogen-bond donors (Lipinski definition) is 2. The summed E-state index contributed by atoms with van der Waals surface area (Å²) in [5.41, 5.74) is 3.00. The molecule has 0 bridgehead atoms. The van der Waals surface area contributed by atoms with Gasteiger partial charge in [-0.3, -0.25) is 9.59 Å².